The highest BCUT2D eigenvalue weighted by atomic mass is 79.9. The molecule has 1 aliphatic rings. The second kappa shape index (κ2) is 11.1. The molecule has 10 heteroatoms. The van der Waals surface area contributed by atoms with E-state index in [1.807, 2.05) is 0 Å². The maximum atomic E-state index is 13.4. The number of benzene rings is 3. The zero-order valence-corrected chi connectivity index (χ0v) is 21.3. The van der Waals surface area contributed by atoms with Gasteiger partial charge in [-0.25, -0.2) is 4.39 Å². The Morgan fingerprint density at radius 3 is 2.69 bits per heavy atom. The van der Waals surface area contributed by atoms with E-state index in [0.717, 1.165) is 11.8 Å². The average molecular weight is 576 g/mol. The van der Waals surface area contributed by atoms with Gasteiger partial charge >= 0.3 is 0 Å². The number of carbonyl (C=O) groups is 2. The summed E-state index contributed by atoms with van der Waals surface area (Å²) in [7, 11) is 1.50. The molecule has 1 fully saturated rings. The summed E-state index contributed by atoms with van der Waals surface area (Å²) in [6.45, 7) is 0.146. The first kappa shape index (κ1) is 25.0. The minimum Gasteiger partial charge on any atom is -0.493 e. The van der Waals surface area contributed by atoms with Gasteiger partial charge < -0.3 is 14.8 Å². The first-order valence-electron chi connectivity index (χ1n) is 10.2. The lowest BCUT2D eigenvalue weighted by Gasteiger charge is -2.14. The summed E-state index contributed by atoms with van der Waals surface area (Å²) in [6.07, 6.45) is 1.65. The van der Waals surface area contributed by atoms with Crippen LogP contribution >= 0.6 is 39.3 Å². The molecule has 3 aromatic rings. The smallest absolute Gasteiger partial charge is 0.279 e. The molecule has 0 aromatic heterocycles. The predicted molar refractivity (Wildman–Crippen MR) is 138 cm³/mol. The zero-order chi connectivity index (χ0) is 24.9. The SMILES string of the molecule is COc1cc(/C=C2\SC(=NC(=O)c3ccc(Cl)cc3)NC2=O)cc(Br)c1OCc1cccc(F)c1. The van der Waals surface area contributed by atoms with Crippen molar-refractivity contribution in [1.82, 2.24) is 5.32 Å². The number of nitrogens with one attached hydrogen (secondary N) is 1. The van der Waals surface area contributed by atoms with Gasteiger partial charge in [0.05, 0.1) is 16.5 Å². The van der Waals surface area contributed by atoms with Crippen molar-refractivity contribution in [1.29, 1.82) is 0 Å². The first-order chi connectivity index (χ1) is 16.8. The van der Waals surface area contributed by atoms with Crippen LogP contribution in [-0.2, 0) is 11.4 Å². The van der Waals surface area contributed by atoms with Gasteiger partial charge in [0, 0.05) is 10.6 Å². The predicted octanol–water partition coefficient (Wildman–Crippen LogP) is 6.23. The number of hydrogen-bond donors (Lipinski definition) is 1. The Labute approximate surface area is 218 Å². The number of hydrogen-bond acceptors (Lipinski definition) is 5. The van der Waals surface area contributed by atoms with E-state index in [1.54, 1.807) is 54.6 Å². The molecule has 1 heterocycles. The molecule has 1 saturated heterocycles. The summed E-state index contributed by atoms with van der Waals surface area (Å²) in [5, 5.41) is 3.29. The Bertz CT molecular complexity index is 1360. The molecule has 35 heavy (non-hydrogen) atoms. The van der Waals surface area contributed by atoms with Gasteiger partial charge in [0.15, 0.2) is 16.7 Å². The molecule has 0 aliphatic carbocycles. The van der Waals surface area contributed by atoms with Crippen LogP contribution in [0.2, 0.25) is 5.02 Å². The Morgan fingerprint density at radius 2 is 1.97 bits per heavy atom. The van der Waals surface area contributed by atoms with Gasteiger partial charge in [0.2, 0.25) is 0 Å². The normalized spacial score (nSPS) is 15.4. The monoisotopic (exact) mass is 574 g/mol. The number of thioether (sulfide) groups is 1. The topological polar surface area (TPSA) is 77.0 Å². The van der Waals surface area contributed by atoms with Crippen molar-refractivity contribution in [3.63, 3.8) is 0 Å². The zero-order valence-electron chi connectivity index (χ0n) is 18.2. The molecule has 2 amide bonds. The quantitative estimate of drug-likeness (QED) is 0.353. The third-order valence-corrected chi connectivity index (χ3v) is 6.52. The van der Waals surface area contributed by atoms with Crippen molar-refractivity contribution in [2.24, 2.45) is 4.99 Å². The van der Waals surface area contributed by atoms with Crippen molar-refractivity contribution in [3.8, 4) is 11.5 Å². The minimum absolute atomic E-state index is 0.146. The third-order valence-electron chi connectivity index (χ3n) is 4.77. The van der Waals surface area contributed by atoms with Gasteiger partial charge in [-0.3, -0.25) is 9.59 Å². The number of methoxy groups -OCH3 is 1. The van der Waals surface area contributed by atoms with Crippen LogP contribution < -0.4 is 14.8 Å². The van der Waals surface area contributed by atoms with Gasteiger partial charge in [-0.2, -0.15) is 4.99 Å². The standard InChI is InChI=1S/C25H17BrClFN2O4S/c1-33-20-11-15(10-19(26)22(20)34-13-14-3-2-4-18(28)9-14)12-21-24(32)30-25(35-21)29-23(31)16-5-7-17(27)8-6-16/h2-12H,13H2,1H3,(H,29,30,31,32)/b21-12-. The first-order valence-corrected chi connectivity index (χ1v) is 12.2. The summed E-state index contributed by atoms with van der Waals surface area (Å²) in [5.74, 6) is -0.339. The highest BCUT2D eigenvalue weighted by Gasteiger charge is 2.25. The molecule has 0 saturated carbocycles. The summed E-state index contributed by atoms with van der Waals surface area (Å²) < 4.78 is 25.3. The van der Waals surface area contributed by atoms with Crippen LogP contribution in [-0.4, -0.2) is 24.1 Å². The van der Waals surface area contributed by atoms with E-state index in [0.29, 0.717) is 42.6 Å². The van der Waals surface area contributed by atoms with E-state index < -0.39 is 5.91 Å². The van der Waals surface area contributed by atoms with E-state index in [-0.39, 0.29) is 23.5 Å². The lowest BCUT2D eigenvalue weighted by molar-refractivity contribution is -0.115. The Balaban J connectivity index is 1.51. The number of nitrogens with zero attached hydrogens (tertiary/aromatic N) is 1. The summed E-state index contributed by atoms with van der Waals surface area (Å²) >= 11 is 10.4. The second-order valence-corrected chi connectivity index (χ2v) is 9.57. The van der Waals surface area contributed by atoms with Crippen LogP contribution in [0, 0.1) is 5.82 Å². The molecule has 0 bridgehead atoms. The number of amidine groups is 1. The van der Waals surface area contributed by atoms with Crippen LogP contribution in [0.25, 0.3) is 6.08 Å². The molecule has 0 unspecified atom stereocenters. The maximum Gasteiger partial charge on any atom is 0.279 e. The summed E-state index contributed by atoms with van der Waals surface area (Å²) in [4.78, 5) is 29.1. The fourth-order valence-electron chi connectivity index (χ4n) is 3.13. The summed E-state index contributed by atoms with van der Waals surface area (Å²) in [5.41, 5.74) is 1.69. The van der Waals surface area contributed by atoms with Crippen molar-refractivity contribution in [2.45, 2.75) is 6.61 Å². The lowest BCUT2D eigenvalue weighted by Crippen LogP contribution is -2.20. The molecule has 0 radical (unpaired) electrons. The Morgan fingerprint density at radius 1 is 1.20 bits per heavy atom. The van der Waals surface area contributed by atoms with E-state index in [1.165, 1.54) is 19.2 Å². The lowest BCUT2D eigenvalue weighted by atomic mass is 10.2. The molecule has 178 valence electrons. The number of carbonyl (C=O) groups excluding carboxylic acids is 2. The van der Waals surface area contributed by atoms with Crippen LogP contribution in [0.5, 0.6) is 11.5 Å². The highest BCUT2D eigenvalue weighted by molar-refractivity contribution is 9.10. The van der Waals surface area contributed by atoms with Gasteiger partial charge in [0.25, 0.3) is 11.8 Å². The van der Waals surface area contributed by atoms with Gasteiger partial charge in [-0.15, -0.1) is 0 Å². The molecule has 6 nitrogen and oxygen atoms in total. The van der Waals surface area contributed by atoms with Crippen LogP contribution in [0.1, 0.15) is 21.5 Å². The molecule has 1 aliphatic heterocycles. The Kier molecular flexibility index (Phi) is 7.90. The maximum absolute atomic E-state index is 13.4. The van der Waals surface area contributed by atoms with Crippen molar-refractivity contribution in [3.05, 3.63) is 97.6 Å². The molecule has 3 aromatic carbocycles. The molecule has 1 N–H and O–H groups in total. The number of ether oxygens (including phenoxy) is 2. The molecule has 0 spiro atoms. The van der Waals surface area contributed by atoms with E-state index in [9.17, 15) is 14.0 Å². The fourth-order valence-corrected chi connectivity index (χ4v) is 4.65. The van der Waals surface area contributed by atoms with E-state index >= 15 is 0 Å². The number of amides is 2. The molecule has 0 atom stereocenters. The van der Waals surface area contributed by atoms with Crippen LogP contribution in [0.4, 0.5) is 4.39 Å². The minimum atomic E-state index is -0.491. The molecular formula is C25H17BrClFN2O4S. The van der Waals surface area contributed by atoms with E-state index in [2.05, 4.69) is 26.2 Å². The van der Waals surface area contributed by atoms with Crippen molar-refractivity contribution in [2.75, 3.05) is 7.11 Å². The number of halogens is 3. The molecular weight excluding hydrogens is 559 g/mol. The van der Waals surface area contributed by atoms with E-state index in [4.69, 9.17) is 21.1 Å². The fraction of sp³-hybridized carbons (Fsp3) is 0.0800. The van der Waals surface area contributed by atoms with Crippen LogP contribution in [0.3, 0.4) is 0 Å². The van der Waals surface area contributed by atoms with Crippen molar-refractivity contribution < 1.29 is 23.5 Å². The summed E-state index contributed by atoms with van der Waals surface area (Å²) in [6, 6.07) is 15.9. The third kappa shape index (κ3) is 6.30. The average Bonchev–Trinajstić information content (AvgIpc) is 3.16. The molecule has 4 rings (SSSR count). The Hall–Kier alpha value is -3.14. The van der Waals surface area contributed by atoms with Gasteiger partial charge in [-0.05, 0) is 93.4 Å². The van der Waals surface area contributed by atoms with Crippen LogP contribution in [0.15, 0.2) is 75.0 Å². The number of rotatable bonds is 6. The largest absolute Gasteiger partial charge is 0.493 e. The van der Waals surface area contributed by atoms with Crippen molar-refractivity contribution >= 4 is 62.4 Å². The second-order valence-electron chi connectivity index (χ2n) is 7.25. The van der Waals surface area contributed by atoms with Gasteiger partial charge in [0.1, 0.15) is 12.4 Å². The number of aliphatic imine (C=N–C) groups is 1. The highest BCUT2D eigenvalue weighted by Crippen LogP contribution is 2.38. The van der Waals surface area contributed by atoms with Gasteiger partial charge in [-0.1, -0.05) is 23.7 Å².